The van der Waals surface area contributed by atoms with Gasteiger partial charge in [-0.1, -0.05) is 23.2 Å². The smallest absolute Gasteiger partial charge is 0.262 e. The second kappa shape index (κ2) is 6.63. The average molecular weight is 394 g/mol. The maximum atomic E-state index is 12.3. The molecule has 0 fully saturated rings. The molecule has 25 heavy (non-hydrogen) atoms. The molecule has 2 aromatic rings. The molecule has 0 saturated carbocycles. The third-order valence-corrected chi connectivity index (χ3v) is 4.73. The first-order valence-corrected chi connectivity index (χ1v) is 8.43. The summed E-state index contributed by atoms with van der Waals surface area (Å²) in [6, 6.07) is 4.79. The fraction of sp³-hybridized carbons (Fsp3) is 0.118. The number of aliphatic imine (C=N–C) groups is 1. The summed E-state index contributed by atoms with van der Waals surface area (Å²) < 4.78 is 1.37. The van der Waals surface area contributed by atoms with Crippen molar-refractivity contribution < 1.29 is 5.11 Å². The minimum atomic E-state index is -0.489. The molecule has 2 heterocycles. The van der Waals surface area contributed by atoms with Gasteiger partial charge in [0.15, 0.2) is 4.77 Å². The lowest BCUT2D eigenvalue weighted by Crippen LogP contribution is -2.16. The van der Waals surface area contributed by atoms with Crippen molar-refractivity contribution in [2.24, 2.45) is 4.99 Å². The van der Waals surface area contributed by atoms with Crippen molar-refractivity contribution in [1.82, 2.24) is 9.55 Å². The van der Waals surface area contributed by atoms with Crippen LogP contribution < -0.4 is 5.56 Å². The molecule has 0 spiro atoms. The molecule has 1 aliphatic rings. The van der Waals surface area contributed by atoms with Gasteiger partial charge in [-0.2, -0.15) is 0 Å². The largest absolute Gasteiger partial charge is 0.494 e. The number of nitrogens with zero attached hydrogens (tertiary/aromatic N) is 2. The number of benzene rings is 1. The summed E-state index contributed by atoms with van der Waals surface area (Å²) in [5.74, 6) is -0.287. The van der Waals surface area contributed by atoms with Crippen LogP contribution in [0.15, 0.2) is 45.3 Å². The molecular weight excluding hydrogens is 381 g/mol. The van der Waals surface area contributed by atoms with E-state index < -0.39 is 5.56 Å². The van der Waals surface area contributed by atoms with E-state index in [0.29, 0.717) is 15.7 Å². The summed E-state index contributed by atoms with van der Waals surface area (Å²) in [7, 11) is 0. The molecular formula is C17H13Cl2N3O2S. The van der Waals surface area contributed by atoms with Gasteiger partial charge in [0, 0.05) is 11.4 Å². The van der Waals surface area contributed by atoms with Crippen molar-refractivity contribution in [2.45, 2.75) is 13.8 Å². The van der Waals surface area contributed by atoms with E-state index in [1.54, 1.807) is 24.3 Å². The fourth-order valence-corrected chi connectivity index (χ4v) is 3.10. The Hall–Kier alpha value is -2.15. The summed E-state index contributed by atoms with van der Waals surface area (Å²) >= 11 is 17.2. The van der Waals surface area contributed by atoms with Gasteiger partial charge in [-0.05, 0) is 62.0 Å². The maximum Gasteiger partial charge on any atom is 0.262 e. The Morgan fingerprint density at radius 2 is 2.00 bits per heavy atom. The average Bonchev–Trinajstić information content (AvgIpc) is 2.84. The normalized spacial score (nSPS) is 15.4. The Morgan fingerprint density at radius 3 is 2.60 bits per heavy atom. The van der Waals surface area contributed by atoms with Crippen LogP contribution in [0.1, 0.15) is 19.4 Å². The van der Waals surface area contributed by atoms with Gasteiger partial charge in [0.2, 0.25) is 5.88 Å². The third kappa shape index (κ3) is 3.33. The summed E-state index contributed by atoms with van der Waals surface area (Å²) in [4.78, 5) is 19.2. The van der Waals surface area contributed by atoms with Crippen molar-refractivity contribution in [3.05, 3.63) is 66.3 Å². The van der Waals surface area contributed by atoms with Crippen molar-refractivity contribution in [3.8, 4) is 11.6 Å². The zero-order valence-corrected chi connectivity index (χ0v) is 15.6. The van der Waals surface area contributed by atoms with Gasteiger partial charge in [0.05, 0.1) is 15.7 Å². The van der Waals surface area contributed by atoms with E-state index in [4.69, 9.17) is 35.4 Å². The van der Waals surface area contributed by atoms with Crippen LogP contribution in [-0.4, -0.2) is 20.4 Å². The molecule has 5 nitrogen and oxygen atoms in total. The molecule has 0 atom stereocenters. The molecule has 0 amide bonds. The second-order valence-corrected chi connectivity index (χ2v) is 6.71. The van der Waals surface area contributed by atoms with Crippen LogP contribution in [0, 0.1) is 4.77 Å². The number of aromatic amines is 1. The fourth-order valence-electron chi connectivity index (χ4n) is 2.52. The van der Waals surface area contributed by atoms with Gasteiger partial charge in [0.1, 0.15) is 5.56 Å². The van der Waals surface area contributed by atoms with Crippen LogP contribution in [0.2, 0.25) is 10.0 Å². The monoisotopic (exact) mass is 393 g/mol. The predicted octanol–water partition coefficient (Wildman–Crippen LogP) is 4.67. The minimum absolute atomic E-state index is 0.0478. The van der Waals surface area contributed by atoms with E-state index >= 15 is 0 Å². The highest BCUT2D eigenvalue weighted by molar-refractivity contribution is 7.71. The number of allylic oxidation sites excluding steroid dienone is 3. The molecule has 0 radical (unpaired) electrons. The van der Waals surface area contributed by atoms with Gasteiger partial charge in [-0.15, -0.1) is 0 Å². The van der Waals surface area contributed by atoms with Crippen molar-refractivity contribution in [1.29, 1.82) is 0 Å². The topological polar surface area (TPSA) is 70.4 Å². The zero-order valence-electron chi connectivity index (χ0n) is 13.3. The number of hydrogen-bond acceptors (Lipinski definition) is 4. The van der Waals surface area contributed by atoms with Crippen LogP contribution in [0.25, 0.3) is 11.8 Å². The number of nitrogens with one attached hydrogen (secondary N) is 1. The quantitative estimate of drug-likeness (QED) is 0.728. The van der Waals surface area contributed by atoms with Gasteiger partial charge >= 0.3 is 0 Å². The van der Waals surface area contributed by atoms with E-state index in [1.165, 1.54) is 4.57 Å². The molecule has 1 aromatic heterocycles. The summed E-state index contributed by atoms with van der Waals surface area (Å²) in [6.45, 7) is 3.69. The Bertz CT molecular complexity index is 1090. The standard InChI is InChI=1S/C17H13Cl2N3O2S/c1-8-5-10(9(2)20-8)6-12-15(23)21-17(25)22(16(12)24)11-3-4-13(18)14(19)7-11/h3-7,24H,1-2H3,(H,21,23,25)/b10-6+. The van der Waals surface area contributed by atoms with E-state index in [0.717, 1.165) is 17.0 Å². The first-order valence-electron chi connectivity index (χ1n) is 7.27. The number of hydrogen-bond donors (Lipinski definition) is 2. The van der Waals surface area contributed by atoms with Gasteiger partial charge < -0.3 is 5.11 Å². The van der Waals surface area contributed by atoms with Gasteiger partial charge in [-0.3, -0.25) is 19.3 Å². The molecule has 1 aliphatic heterocycles. The van der Waals surface area contributed by atoms with Gasteiger partial charge in [0.25, 0.3) is 5.56 Å². The molecule has 1 aromatic carbocycles. The van der Waals surface area contributed by atoms with E-state index in [2.05, 4.69) is 9.98 Å². The highest BCUT2D eigenvalue weighted by Crippen LogP contribution is 2.28. The number of rotatable bonds is 2. The van der Waals surface area contributed by atoms with Crippen LogP contribution in [0.4, 0.5) is 0 Å². The van der Waals surface area contributed by atoms with Crippen molar-refractivity contribution in [3.63, 3.8) is 0 Å². The molecule has 2 N–H and O–H groups in total. The number of halogens is 2. The molecule has 8 heteroatoms. The lowest BCUT2D eigenvalue weighted by Gasteiger charge is -2.12. The number of aromatic nitrogens is 2. The van der Waals surface area contributed by atoms with E-state index in [-0.39, 0.29) is 16.2 Å². The zero-order chi connectivity index (χ0) is 18.3. The number of H-pyrrole nitrogens is 1. The molecule has 3 rings (SSSR count). The Labute approximate surface area is 158 Å². The Morgan fingerprint density at radius 1 is 1.28 bits per heavy atom. The maximum absolute atomic E-state index is 12.3. The lowest BCUT2D eigenvalue weighted by atomic mass is 10.1. The lowest BCUT2D eigenvalue weighted by molar-refractivity contribution is 0.432. The van der Waals surface area contributed by atoms with Crippen LogP contribution in [-0.2, 0) is 0 Å². The van der Waals surface area contributed by atoms with Crippen LogP contribution >= 0.6 is 35.4 Å². The first kappa shape index (κ1) is 17.7. The minimum Gasteiger partial charge on any atom is -0.494 e. The molecule has 0 unspecified atom stereocenters. The summed E-state index contributed by atoms with van der Waals surface area (Å²) in [6.07, 6.45) is 3.41. The summed E-state index contributed by atoms with van der Waals surface area (Å²) in [5.41, 5.74) is 2.41. The molecule has 128 valence electrons. The number of aromatic hydroxyl groups is 1. The predicted molar refractivity (Wildman–Crippen MR) is 104 cm³/mol. The molecule has 0 bridgehead atoms. The second-order valence-electron chi connectivity index (χ2n) is 5.51. The Balaban J connectivity index is 2.25. The van der Waals surface area contributed by atoms with Crippen molar-refractivity contribution in [2.75, 3.05) is 0 Å². The first-order chi connectivity index (χ1) is 11.8. The van der Waals surface area contributed by atoms with Crippen LogP contribution in [0.3, 0.4) is 0 Å². The highest BCUT2D eigenvalue weighted by Gasteiger charge is 2.16. The van der Waals surface area contributed by atoms with Crippen LogP contribution in [0.5, 0.6) is 5.88 Å². The van der Waals surface area contributed by atoms with E-state index in [1.807, 2.05) is 19.9 Å². The Kier molecular flexibility index (Phi) is 4.69. The van der Waals surface area contributed by atoms with Crippen molar-refractivity contribution >= 4 is 47.2 Å². The summed E-state index contributed by atoms with van der Waals surface area (Å²) in [5, 5.41) is 11.4. The van der Waals surface area contributed by atoms with Gasteiger partial charge in [-0.25, -0.2) is 0 Å². The molecule has 0 saturated heterocycles. The highest BCUT2D eigenvalue weighted by atomic mass is 35.5. The molecule has 0 aliphatic carbocycles. The SMILES string of the molecule is CC1=C/C(=C\c2c(O)n(-c3ccc(Cl)c(Cl)c3)c(=S)[nH]c2=O)C(C)=N1. The van der Waals surface area contributed by atoms with E-state index in [9.17, 15) is 9.90 Å². The third-order valence-electron chi connectivity index (χ3n) is 3.71.